The summed E-state index contributed by atoms with van der Waals surface area (Å²) >= 11 is 0. The molecular weight excluding hydrogens is 334 g/mol. The molecule has 0 aliphatic heterocycles. The minimum atomic E-state index is -1.27. The number of anilines is 1. The lowest BCUT2D eigenvalue weighted by Gasteiger charge is -2.06. The average molecular weight is 353 g/mol. The van der Waals surface area contributed by atoms with E-state index in [1.165, 1.54) is 23.8 Å². The molecule has 6 nitrogen and oxygen atoms in total. The smallest absolute Gasteiger partial charge is 0.335 e. The molecule has 0 bridgehead atoms. The van der Waals surface area contributed by atoms with Gasteiger partial charge in [0.05, 0.1) is 11.1 Å². The Morgan fingerprint density at radius 2 is 1.46 bits per heavy atom. The lowest BCUT2D eigenvalue weighted by atomic mass is 10.0. The number of amides is 1. The number of carbonyl (C=O) groups is 3. The van der Waals surface area contributed by atoms with Crippen LogP contribution in [0.4, 0.5) is 5.69 Å². The van der Waals surface area contributed by atoms with Gasteiger partial charge in [0, 0.05) is 11.8 Å². The molecule has 1 amide bonds. The highest BCUT2D eigenvalue weighted by molar-refractivity contribution is 6.04. The monoisotopic (exact) mass is 353 g/mol. The number of benzene rings is 2. The van der Waals surface area contributed by atoms with Gasteiger partial charge in [-0.15, -0.1) is 0 Å². The van der Waals surface area contributed by atoms with Crippen molar-refractivity contribution in [2.45, 2.75) is 19.8 Å². The molecule has 0 spiro atoms. The zero-order valence-electron chi connectivity index (χ0n) is 14.4. The molecule has 0 radical (unpaired) electrons. The van der Waals surface area contributed by atoms with Crippen LogP contribution in [0, 0.1) is 0 Å². The maximum atomic E-state index is 12.0. The molecule has 0 saturated carbocycles. The van der Waals surface area contributed by atoms with E-state index in [1.54, 1.807) is 6.08 Å². The van der Waals surface area contributed by atoms with E-state index in [-0.39, 0.29) is 16.8 Å². The Morgan fingerprint density at radius 3 is 1.92 bits per heavy atom. The van der Waals surface area contributed by atoms with E-state index in [2.05, 4.69) is 19.2 Å². The van der Waals surface area contributed by atoms with Gasteiger partial charge in [-0.25, -0.2) is 9.59 Å². The Hall–Kier alpha value is -3.41. The normalized spacial score (nSPS) is 10.9. The van der Waals surface area contributed by atoms with Gasteiger partial charge in [0.1, 0.15) is 0 Å². The van der Waals surface area contributed by atoms with Gasteiger partial charge in [-0.1, -0.05) is 38.1 Å². The Bertz CT molecular complexity index is 834. The van der Waals surface area contributed by atoms with Crippen molar-refractivity contribution in [3.05, 3.63) is 70.8 Å². The number of carboxylic acids is 2. The van der Waals surface area contributed by atoms with Gasteiger partial charge in [0.25, 0.3) is 0 Å². The molecule has 3 N–H and O–H groups in total. The van der Waals surface area contributed by atoms with Crippen LogP contribution in [0.1, 0.15) is 51.6 Å². The van der Waals surface area contributed by atoms with Crippen LogP contribution in [-0.4, -0.2) is 28.1 Å². The number of aromatic carboxylic acids is 2. The summed E-state index contributed by atoms with van der Waals surface area (Å²) in [4.78, 5) is 34.2. The summed E-state index contributed by atoms with van der Waals surface area (Å²) in [5.41, 5.74) is 1.71. The second-order valence-corrected chi connectivity index (χ2v) is 6.05. The first-order valence-corrected chi connectivity index (χ1v) is 7.97. The summed E-state index contributed by atoms with van der Waals surface area (Å²) in [5.74, 6) is -2.62. The summed E-state index contributed by atoms with van der Waals surface area (Å²) in [6.07, 6.45) is 2.93. The first-order chi connectivity index (χ1) is 12.3. The fraction of sp³-hybridized carbons (Fsp3) is 0.150. The van der Waals surface area contributed by atoms with Gasteiger partial charge < -0.3 is 15.5 Å². The molecule has 0 aliphatic carbocycles. The third-order valence-electron chi connectivity index (χ3n) is 3.72. The second kappa shape index (κ2) is 8.11. The molecule has 0 heterocycles. The number of carboxylic acid groups (broad SMARTS) is 2. The van der Waals surface area contributed by atoms with Crippen LogP contribution in [-0.2, 0) is 4.79 Å². The summed E-state index contributed by atoms with van der Waals surface area (Å²) in [7, 11) is 0. The van der Waals surface area contributed by atoms with Gasteiger partial charge in [-0.2, -0.15) is 0 Å². The molecular formula is C20H19NO5. The Kier molecular flexibility index (Phi) is 5.90. The first kappa shape index (κ1) is 18.9. The second-order valence-electron chi connectivity index (χ2n) is 6.05. The first-order valence-electron chi connectivity index (χ1n) is 7.97. The minimum Gasteiger partial charge on any atom is -0.478 e. The van der Waals surface area contributed by atoms with Crippen molar-refractivity contribution in [1.82, 2.24) is 0 Å². The van der Waals surface area contributed by atoms with Crippen molar-refractivity contribution in [2.75, 3.05) is 5.32 Å². The summed E-state index contributed by atoms with van der Waals surface area (Å²) in [5, 5.41) is 20.6. The molecule has 2 aromatic carbocycles. The summed E-state index contributed by atoms with van der Waals surface area (Å²) in [6.45, 7) is 4.18. The third kappa shape index (κ3) is 5.04. The van der Waals surface area contributed by atoms with E-state index < -0.39 is 17.8 Å². The van der Waals surface area contributed by atoms with Crippen LogP contribution < -0.4 is 5.32 Å². The zero-order chi connectivity index (χ0) is 19.3. The molecule has 0 aliphatic rings. The van der Waals surface area contributed by atoms with Gasteiger partial charge in [0.15, 0.2) is 0 Å². The molecule has 2 rings (SSSR count). The molecule has 0 unspecified atom stereocenters. The minimum absolute atomic E-state index is 0.104. The number of rotatable bonds is 6. The third-order valence-corrected chi connectivity index (χ3v) is 3.72. The SMILES string of the molecule is CC(C)c1ccc(/C=C/C(=O)Nc2cc(C(=O)O)cc(C(=O)O)c2)cc1. The van der Waals surface area contributed by atoms with E-state index in [0.717, 1.165) is 11.6 Å². The van der Waals surface area contributed by atoms with Gasteiger partial charge in [0.2, 0.25) is 5.91 Å². The highest BCUT2D eigenvalue weighted by Crippen LogP contribution is 2.17. The quantitative estimate of drug-likeness (QED) is 0.684. The summed E-state index contributed by atoms with van der Waals surface area (Å²) < 4.78 is 0. The Balaban J connectivity index is 2.14. The Labute approximate surface area is 150 Å². The van der Waals surface area contributed by atoms with Crippen LogP contribution >= 0.6 is 0 Å². The van der Waals surface area contributed by atoms with Crippen molar-refractivity contribution in [3.63, 3.8) is 0 Å². The molecule has 0 fully saturated rings. The maximum absolute atomic E-state index is 12.0. The largest absolute Gasteiger partial charge is 0.478 e. The van der Waals surface area contributed by atoms with Crippen LogP contribution in [0.15, 0.2) is 48.5 Å². The average Bonchev–Trinajstić information content (AvgIpc) is 2.59. The van der Waals surface area contributed by atoms with E-state index in [4.69, 9.17) is 10.2 Å². The fourth-order valence-corrected chi connectivity index (χ4v) is 2.29. The molecule has 0 aromatic heterocycles. The number of hydrogen-bond donors (Lipinski definition) is 3. The van der Waals surface area contributed by atoms with Crippen molar-refractivity contribution >= 4 is 29.6 Å². The lowest BCUT2D eigenvalue weighted by molar-refractivity contribution is -0.111. The lowest BCUT2D eigenvalue weighted by Crippen LogP contribution is -2.10. The molecule has 26 heavy (non-hydrogen) atoms. The molecule has 6 heteroatoms. The van der Waals surface area contributed by atoms with Crippen LogP contribution in [0.3, 0.4) is 0 Å². The standard InChI is InChI=1S/C20H19NO5/c1-12(2)14-6-3-13(4-7-14)5-8-18(22)21-17-10-15(19(23)24)9-16(11-17)20(25)26/h3-12H,1-2H3,(H,21,22)(H,23,24)(H,25,26)/b8-5+. The number of hydrogen-bond acceptors (Lipinski definition) is 3. The van der Waals surface area contributed by atoms with Crippen molar-refractivity contribution in [3.8, 4) is 0 Å². The Morgan fingerprint density at radius 1 is 0.923 bits per heavy atom. The van der Waals surface area contributed by atoms with Crippen LogP contribution in [0.2, 0.25) is 0 Å². The van der Waals surface area contributed by atoms with Gasteiger partial charge in [-0.05, 0) is 41.3 Å². The molecule has 134 valence electrons. The fourth-order valence-electron chi connectivity index (χ4n) is 2.29. The predicted molar refractivity (Wildman–Crippen MR) is 98.6 cm³/mol. The molecule has 0 saturated heterocycles. The van der Waals surface area contributed by atoms with E-state index in [0.29, 0.717) is 5.92 Å². The van der Waals surface area contributed by atoms with Gasteiger partial charge >= 0.3 is 11.9 Å². The summed E-state index contributed by atoms with van der Waals surface area (Å²) in [6, 6.07) is 11.2. The van der Waals surface area contributed by atoms with Crippen LogP contribution in [0.25, 0.3) is 6.08 Å². The number of carbonyl (C=O) groups excluding carboxylic acids is 1. The van der Waals surface area contributed by atoms with E-state index in [1.807, 2.05) is 24.3 Å². The zero-order valence-corrected chi connectivity index (χ0v) is 14.4. The van der Waals surface area contributed by atoms with Crippen LogP contribution in [0.5, 0.6) is 0 Å². The predicted octanol–water partition coefficient (Wildman–Crippen LogP) is 3.86. The van der Waals surface area contributed by atoms with E-state index >= 15 is 0 Å². The highest BCUT2D eigenvalue weighted by Gasteiger charge is 2.12. The molecule has 2 aromatic rings. The maximum Gasteiger partial charge on any atom is 0.335 e. The van der Waals surface area contributed by atoms with Crippen molar-refractivity contribution in [2.24, 2.45) is 0 Å². The van der Waals surface area contributed by atoms with Crippen molar-refractivity contribution < 1.29 is 24.6 Å². The topological polar surface area (TPSA) is 104 Å². The van der Waals surface area contributed by atoms with Gasteiger partial charge in [-0.3, -0.25) is 4.79 Å². The van der Waals surface area contributed by atoms with Crippen molar-refractivity contribution in [1.29, 1.82) is 0 Å². The van der Waals surface area contributed by atoms with E-state index in [9.17, 15) is 14.4 Å². The number of nitrogens with one attached hydrogen (secondary N) is 1. The highest BCUT2D eigenvalue weighted by atomic mass is 16.4. The molecule has 0 atom stereocenters.